The van der Waals surface area contributed by atoms with Crippen molar-refractivity contribution in [2.24, 2.45) is 0 Å². The largest absolute Gasteiger partial charge is 0.343 e. The zero-order chi connectivity index (χ0) is 12.4. The second-order valence-electron chi connectivity index (χ2n) is 4.21. The van der Waals surface area contributed by atoms with E-state index in [-0.39, 0.29) is 0 Å². The molecule has 1 aromatic heterocycles. The fraction of sp³-hybridized carbons (Fsp3) is 0.286. The molecule has 3 heteroatoms. The molecule has 1 N–H and O–H groups in total. The van der Waals surface area contributed by atoms with E-state index in [0.29, 0.717) is 4.64 Å². The molecule has 17 heavy (non-hydrogen) atoms. The highest BCUT2D eigenvalue weighted by Crippen LogP contribution is 2.22. The Morgan fingerprint density at radius 1 is 1.29 bits per heavy atom. The summed E-state index contributed by atoms with van der Waals surface area (Å²) in [4.78, 5) is 7.73. The Morgan fingerprint density at radius 2 is 2.06 bits per heavy atom. The number of aromatic nitrogens is 2. The quantitative estimate of drug-likeness (QED) is 0.809. The Kier molecular flexibility index (Phi) is 3.38. The van der Waals surface area contributed by atoms with Gasteiger partial charge in [0.1, 0.15) is 10.5 Å². The summed E-state index contributed by atoms with van der Waals surface area (Å²) in [5.41, 5.74) is 4.55. The smallest absolute Gasteiger partial charge is 0.133 e. The van der Waals surface area contributed by atoms with Crippen LogP contribution in [0, 0.1) is 18.5 Å². The average Bonchev–Trinajstić information content (AvgIpc) is 2.32. The molecule has 0 aliphatic heterocycles. The Labute approximate surface area is 107 Å². The molecule has 2 aromatic rings. The van der Waals surface area contributed by atoms with E-state index in [2.05, 4.69) is 48.1 Å². The van der Waals surface area contributed by atoms with Gasteiger partial charge < -0.3 is 4.98 Å². The topological polar surface area (TPSA) is 28.7 Å². The van der Waals surface area contributed by atoms with Crippen LogP contribution >= 0.6 is 12.2 Å². The Morgan fingerprint density at radius 3 is 2.71 bits per heavy atom. The highest BCUT2D eigenvalue weighted by atomic mass is 32.1. The first-order valence-electron chi connectivity index (χ1n) is 5.78. The molecule has 1 heterocycles. The Bertz CT molecular complexity index is 599. The summed E-state index contributed by atoms with van der Waals surface area (Å²) < 4.78 is 0.692. The first-order valence-corrected chi connectivity index (χ1v) is 6.19. The highest BCUT2D eigenvalue weighted by Gasteiger charge is 2.06. The fourth-order valence-corrected chi connectivity index (χ4v) is 2.05. The maximum Gasteiger partial charge on any atom is 0.133 e. The first-order chi connectivity index (χ1) is 8.11. The molecule has 0 saturated carbocycles. The third-order valence-corrected chi connectivity index (χ3v) is 3.24. The van der Waals surface area contributed by atoms with Crippen LogP contribution in [0.3, 0.4) is 0 Å². The van der Waals surface area contributed by atoms with Crippen molar-refractivity contribution < 1.29 is 0 Å². The Hall–Kier alpha value is -1.48. The van der Waals surface area contributed by atoms with Crippen molar-refractivity contribution in [3.05, 3.63) is 45.9 Å². The zero-order valence-electron chi connectivity index (χ0n) is 10.4. The summed E-state index contributed by atoms with van der Waals surface area (Å²) in [6.07, 6.45) is 0.864. The lowest BCUT2D eigenvalue weighted by Gasteiger charge is -2.09. The molecular weight excluding hydrogens is 228 g/mol. The molecule has 0 aliphatic carbocycles. The van der Waals surface area contributed by atoms with Gasteiger partial charge in [0, 0.05) is 12.0 Å². The van der Waals surface area contributed by atoms with E-state index in [4.69, 9.17) is 12.2 Å². The minimum atomic E-state index is 0.692. The summed E-state index contributed by atoms with van der Waals surface area (Å²) in [7, 11) is 0. The van der Waals surface area contributed by atoms with Gasteiger partial charge in [-0.2, -0.15) is 0 Å². The van der Waals surface area contributed by atoms with Gasteiger partial charge in [0.25, 0.3) is 0 Å². The van der Waals surface area contributed by atoms with Crippen LogP contribution in [0.2, 0.25) is 0 Å². The van der Waals surface area contributed by atoms with Crippen LogP contribution in [0.4, 0.5) is 0 Å². The molecule has 0 unspecified atom stereocenters. The molecule has 2 nitrogen and oxygen atoms in total. The summed E-state index contributed by atoms with van der Waals surface area (Å²) in [6.45, 7) is 6.18. The van der Waals surface area contributed by atoms with E-state index in [0.717, 1.165) is 23.5 Å². The molecule has 1 aromatic carbocycles. The number of rotatable bonds is 2. The summed E-state index contributed by atoms with van der Waals surface area (Å²) in [6, 6.07) is 8.41. The number of aromatic amines is 1. The molecule has 88 valence electrons. The summed E-state index contributed by atoms with van der Waals surface area (Å²) in [5.74, 6) is 0.942. The SMILES string of the molecule is CCc1nc(=S)c(C)c(-c2cccc(C)c2)[nH]1. The van der Waals surface area contributed by atoms with Gasteiger partial charge >= 0.3 is 0 Å². The van der Waals surface area contributed by atoms with E-state index in [1.54, 1.807) is 0 Å². The predicted molar refractivity (Wildman–Crippen MR) is 73.7 cm³/mol. The second-order valence-corrected chi connectivity index (χ2v) is 4.60. The van der Waals surface area contributed by atoms with Gasteiger partial charge in [0.2, 0.25) is 0 Å². The van der Waals surface area contributed by atoms with Crippen molar-refractivity contribution in [2.45, 2.75) is 27.2 Å². The number of nitrogens with zero attached hydrogens (tertiary/aromatic N) is 1. The van der Waals surface area contributed by atoms with Gasteiger partial charge in [-0.25, -0.2) is 4.98 Å². The molecule has 0 radical (unpaired) electrons. The van der Waals surface area contributed by atoms with Crippen LogP contribution in [-0.4, -0.2) is 9.97 Å². The third kappa shape index (κ3) is 2.44. The Balaban J connectivity index is 2.66. The summed E-state index contributed by atoms with van der Waals surface area (Å²) in [5, 5.41) is 0. The third-order valence-electron chi connectivity index (χ3n) is 2.84. The first kappa shape index (κ1) is 12.0. The minimum Gasteiger partial charge on any atom is -0.343 e. The van der Waals surface area contributed by atoms with Gasteiger partial charge in [-0.15, -0.1) is 0 Å². The van der Waals surface area contributed by atoms with Crippen LogP contribution in [0.15, 0.2) is 24.3 Å². The molecule has 0 aliphatic rings. The second kappa shape index (κ2) is 4.80. The van der Waals surface area contributed by atoms with Gasteiger partial charge in [0.15, 0.2) is 0 Å². The standard InChI is InChI=1S/C14H16N2S/c1-4-12-15-13(10(3)14(17)16-12)11-7-5-6-9(2)8-11/h5-8H,4H2,1-3H3,(H,15,16,17). The number of H-pyrrole nitrogens is 1. The van der Waals surface area contributed by atoms with Crippen LogP contribution in [0.5, 0.6) is 0 Å². The van der Waals surface area contributed by atoms with Crippen molar-refractivity contribution in [1.82, 2.24) is 9.97 Å². The van der Waals surface area contributed by atoms with Crippen LogP contribution < -0.4 is 0 Å². The van der Waals surface area contributed by atoms with E-state index in [1.807, 2.05) is 6.92 Å². The minimum absolute atomic E-state index is 0.692. The van der Waals surface area contributed by atoms with Gasteiger partial charge in [-0.1, -0.05) is 42.9 Å². The van der Waals surface area contributed by atoms with E-state index < -0.39 is 0 Å². The molecule has 0 amide bonds. The van der Waals surface area contributed by atoms with Crippen molar-refractivity contribution in [3.63, 3.8) is 0 Å². The number of nitrogens with one attached hydrogen (secondary N) is 1. The van der Waals surface area contributed by atoms with E-state index in [9.17, 15) is 0 Å². The van der Waals surface area contributed by atoms with Crippen LogP contribution in [-0.2, 0) is 6.42 Å². The van der Waals surface area contributed by atoms with Crippen molar-refractivity contribution in [2.75, 3.05) is 0 Å². The lowest BCUT2D eigenvalue weighted by molar-refractivity contribution is 0.926. The molecule has 2 rings (SSSR count). The number of hydrogen-bond acceptors (Lipinski definition) is 2. The van der Waals surface area contributed by atoms with Crippen molar-refractivity contribution in [3.8, 4) is 11.3 Å². The van der Waals surface area contributed by atoms with E-state index >= 15 is 0 Å². The molecule has 0 bridgehead atoms. The monoisotopic (exact) mass is 244 g/mol. The van der Waals surface area contributed by atoms with Crippen molar-refractivity contribution in [1.29, 1.82) is 0 Å². The van der Waals surface area contributed by atoms with E-state index in [1.165, 1.54) is 11.1 Å². The molecular formula is C14H16N2S. The number of benzene rings is 1. The summed E-state index contributed by atoms with van der Waals surface area (Å²) >= 11 is 5.30. The molecule has 0 fully saturated rings. The van der Waals surface area contributed by atoms with Gasteiger partial charge in [-0.3, -0.25) is 0 Å². The molecule has 0 atom stereocenters. The maximum atomic E-state index is 5.30. The van der Waals surface area contributed by atoms with Crippen LogP contribution in [0.1, 0.15) is 23.9 Å². The molecule has 0 spiro atoms. The number of hydrogen-bond donors (Lipinski definition) is 1. The fourth-order valence-electron chi connectivity index (χ4n) is 1.84. The predicted octanol–water partition coefficient (Wildman–Crippen LogP) is 3.99. The maximum absolute atomic E-state index is 5.30. The molecule has 0 saturated heterocycles. The normalized spacial score (nSPS) is 10.5. The lowest BCUT2D eigenvalue weighted by Crippen LogP contribution is -1.99. The average molecular weight is 244 g/mol. The zero-order valence-corrected chi connectivity index (χ0v) is 11.2. The van der Waals surface area contributed by atoms with Gasteiger partial charge in [0.05, 0.1) is 5.69 Å². The highest BCUT2D eigenvalue weighted by molar-refractivity contribution is 7.71. The lowest BCUT2D eigenvalue weighted by atomic mass is 10.1. The van der Waals surface area contributed by atoms with Gasteiger partial charge in [-0.05, 0) is 25.5 Å². The van der Waals surface area contributed by atoms with Crippen molar-refractivity contribution >= 4 is 12.2 Å². The number of aryl methyl sites for hydroxylation is 2. The van der Waals surface area contributed by atoms with Crippen LogP contribution in [0.25, 0.3) is 11.3 Å².